The van der Waals surface area contributed by atoms with E-state index < -0.39 is 0 Å². The van der Waals surface area contributed by atoms with Crippen LogP contribution in [0.4, 0.5) is 0 Å². The molecule has 0 aromatic carbocycles. The zero-order valence-electron chi connectivity index (χ0n) is 9.47. The summed E-state index contributed by atoms with van der Waals surface area (Å²) in [6.45, 7) is 4.72. The average Bonchev–Trinajstić information content (AvgIpc) is 2.74. The molecule has 0 saturated carbocycles. The highest BCUT2D eigenvalue weighted by Gasteiger charge is 2.10. The molecule has 16 heavy (non-hydrogen) atoms. The number of aromatic nitrogens is 2. The number of aryl methyl sites for hydroxylation is 1. The fraction of sp³-hybridized carbons (Fsp3) is 0.333. The van der Waals surface area contributed by atoms with Gasteiger partial charge < -0.3 is 5.73 Å². The molecule has 0 aliphatic carbocycles. The summed E-state index contributed by atoms with van der Waals surface area (Å²) < 4.78 is 0. The van der Waals surface area contributed by atoms with Crippen LogP contribution in [0.3, 0.4) is 0 Å². The summed E-state index contributed by atoms with van der Waals surface area (Å²) in [7, 11) is 0. The van der Waals surface area contributed by atoms with E-state index in [-0.39, 0.29) is 5.92 Å². The van der Waals surface area contributed by atoms with Gasteiger partial charge in [-0.15, -0.1) is 11.3 Å². The molecule has 0 radical (unpaired) electrons. The molecule has 0 fully saturated rings. The number of hydrogen-bond acceptors (Lipinski definition) is 4. The van der Waals surface area contributed by atoms with Crippen LogP contribution in [0.25, 0.3) is 10.6 Å². The molecule has 2 aromatic rings. The van der Waals surface area contributed by atoms with Gasteiger partial charge in [0.2, 0.25) is 0 Å². The average molecular weight is 233 g/mol. The first kappa shape index (κ1) is 11.2. The summed E-state index contributed by atoms with van der Waals surface area (Å²) >= 11 is 1.71. The minimum Gasteiger partial charge on any atom is -0.330 e. The standard InChI is InChI=1S/C12H15N3S/c1-8-4-6-16-11(8)10-3-5-14-12(15-10)9(2)7-13/h3-6,9H,7,13H2,1-2H3. The molecule has 2 heterocycles. The second-order valence-electron chi connectivity index (χ2n) is 3.87. The number of nitrogens with zero attached hydrogens (tertiary/aromatic N) is 2. The second-order valence-corrected chi connectivity index (χ2v) is 4.79. The molecule has 3 nitrogen and oxygen atoms in total. The van der Waals surface area contributed by atoms with E-state index in [1.54, 1.807) is 11.3 Å². The lowest BCUT2D eigenvalue weighted by Gasteiger charge is -2.08. The van der Waals surface area contributed by atoms with E-state index in [0.717, 1.165) is 11.5 Å². The van der Waals surface area contributed by atoms with Crippen molar-refractivity contribution in [2.45, 2.75) is 19.8 Å². The van der Waals surface area contributed by atoms with E-state index in [4.69, 9.17) is 5.73 Å². The highest BCUT2D eigenvalue weighted by molar-refractivity contribution is 7.13. The van der Waals surface area contributed by atoms with Crippen LogP contribution in [-0.2, 0) is 0 Å². The van der Waals surface area contributed by atoms with Gasteiger partial charge in [0.05, 0.1) is 10.6 Å². The summed E-state index contributed by atoms with van der Waals surface area (Å²) in [6, 6.07) is 4.06. The van der Waals surface area contributed by atoms with Crippen molar-refractivity contribution in [1.29, 1.82) is 0 Å². The van der Waals surface area contributed by atoms with Gasteiger partial charge in [-0.25, -0.2) is 9.97 Å². The van der Waals surface area contributed by atoms with Crippen molar-refractivity contribution >= 4 is 11.3 Å². The van der Waals surface area contributed by atoms with Crippen molar-refractivity contribution in [2.75, 3.05) is 6.54 Å². The Morgan fingerprint density at radius 3 is 2.88 bits per heavy atom. The first-order valence-corrected chi connectivity index (χ1v) is 6.18. The van der Waals surface area contributed by atoms with Crippen molar-refractivity contribution in [3.63, 3.8) is 0 Å². The lowest BCUT2D eigenvalue weighted by Crippen LogP contribution is -2.12. The Morgan fingerprint density at radius 2 is 2.25 bits per heavy atom. The minimum absolute atomic E-state index is 0.209. The largest absolute Gasteiger partial charge is 0.330 e. The molecule has 2 N–H and O–H groups in total. The smallest absolute Gasteiger partial charge is 0.133 e. The Bertz CT molecular complexity index is 479. The predicted octanol–water partition coefficient (Wildman–Crippen LogP) is 2.58. The maximum absolute atomic E-state index is 5.63. The van der Waals surface area contributed by atoms with Gasteiger partial charge in [0, 0.05) is 18.7 Å². The van der Waals surface area contributed by atoms with Gasteiger partial charge in [-0.2, -0.15) is 0 Å². The molecule has 1 atom stereocenters. The van der Waals surface area contributed by atoms with Crippen LogP contribution in [0.1, 0.15) is 24.2 Å². The van der Waals surface area contributed by atoms with Gasteiger partial charge >= 0.3 is 0 Å². The Labute approximate surface area is 99.4 Å². The molecule has 0 saturated heterocycles. The van der Waals surface area contributed by atoms with Crippen molar-refractivity contribution in [2.24, 2.45) is 5.73 Å². The molecular formula is C12H15N3S. The van der Waals surface area contributed by atoms with Gasteiger partial charge in [0.1, 0.15) is 5.82 Å². The van der Waals surface area contributed by atoms with Crippen LogP contribution in [0.5, 0.6) is 0 Å². The van der Waals surface area contributed by atoms with Crippen LogP contribution < -0.4 is 5.73 Å². The Kier molecular flexibility index (Phi) is 3.31. The van der Waals surface area contributed by atoms with Gasteiger partial charge in [-0.3, -0.25) is 0 Å². The van der Waals surface area contributed by atoms with Crippen molar-refractivity contribution in [3.8, 4) is 10.6 Å². The summed E-state index contributed by atoms with van der Waals surface area (Å²) in [5, 5.41) is 2.08. The zero-order valence-corrected chi connectivity index (χ0v) is 10.3. The quantitative estimate of drug-likeness (QED) is 0.886. The lowest BCUT2D eigenvalue weighted by atomic mass is 10.1. The normalized spacial score (nSPS) is 12.7. The molecule has 2 aromatic heterocycles. The van der Waals surface area contributed by atoms with Crippen LogP contribution in [-0.4, -0.2) is 16.5 Å². The van der Waals surface area contributed by atoms with E-state index in [1.807, 2.05) is 19.2 Å². The number of rotatable bonds is 3. The first-order chi connectivity index (χ1) is 7.72. The van der Waals surface area contributed by atoms with Crippen molar-refractivity contribution in [3.05, 3.63) is 35.1 Å². The van der Waals surface area contributed by atoms with E-state index in [9.17, 15) is 0 Å². The number of hydrogen-bond donors (Lipinski definition) is 1. The van der Waals surface area contributed by atoms with E-state index >= 15 is 0 Å². The molecule has 1 unspecified atom stereocenters. The summed E-state index contributed by atoms with van der Waals surface area (Å²) in [4.78, 5) is 10.0. The van der Waals surface area contributed by atoms with Gasteiger partial charge in [0.15, 0.2) is 0 Å². The third-order valence-corrected chi connectivity index (χ3v) is 3.60. The molecule has 4 heteroatoms. The Hall–Kier alpha value is -1.26. The predicted molar refractivity (Wildman–Crippen MR) is 67.6 cm³/mol. The minimum atomic E-state index is 0.209. The van der Waals surface area contributed by atoms with Crippen LogP contribution in [0.2, 0.25) is 0 Å². The van der Waals surface area contributed by atoms with Crippen LogP contribution in [0.15, 0.2) is 23.7 Å². The summed E-state index contributed by atoms with van der Waals surface area (Å²) in [5.41, 5.74) is 7.88. The molecule has 0 bridgehead atoms. The summed E-state index contributed by atoms with van der Waals surface area (Å²) in [5.74, 6) is 1.04. The molecule has 0 aliphatic heterocycles. The molecule has 0 amide bonds. The SMILES string of the molecule is Cc1ccsc1-c1ccnc(C(C)CN)n1. The maximum atomic E-state index is 5.63. The molecule has 2 rings (SSSR count). The zero-order chi connectivity index (χ0) is 11.5. The first-order valence-electron chi connectivity index (χ1n) is 5.30. The molecular weight excluding hydrogens is 218 g/mol. The summed E-state index contributed by atoms with van der Waals surface area (Å²) in [6.07, 6.45) is 1.81. The molecule has 0 spiro atoms. The topological polar surface area (TPSA) is 51.8 Å². The monoisotopic (exact) mass is 233 g/mol. The third kappa shape index (κ3) is 2.13. The van der Waals surface area contributed by atoms with Gasteiger partial charge in [-0.05, 0) is 30.0 Å². The van der Waals surface area contributed by atoms with E-state index in [1.165, 1.54) is 10.4 Å². The van der Waals surface area contributed by atoms with E-state index in [0.29, 0.717) is 6.54 Å². The number of thiophene rings is 1. The highest BCUT2D eigenvalue weighted by Crippen LogP contribution is 2.27. The fourth-order valence-electron chi connectivity index (χ4n) is 1.48. The Balaban J connectivity index is 2.40. The number of nitrogens with two attached hydrogens (primary N) is 1. The van der Waals surface area contributed by atoms with E-state index in [2.05, 4.69) is 28.3 Å². The lowest BCUT2D eigenvalue weighted by molar-refractivity contribution is 0.713. The van der Waals surface area contributed by atoms with Gasteiger partial charge in [-0.1, -0.05) is 6.92 Å². The maximum Gasteiger partial charge on any atom is 0.133 e. The van der Waals surface area contributed by atoms with Crippen LogP contribution in [0, 0.1) is 6.92 Å². The van der Waals surface area contributed by atoms with Crippen molar-refractivity contribution in [1.82, 2.24) is 9.97 Å². The van der Waals surface area contributed by atoms with Crippen molar-refractivity contribution < 1.29 is 0 Å². The second kappa shape index (κ2) is 4.72. The van der Waals surface area contributed by atoms with Crippen LogP contribution >= 0.6 is 11.3 Å². The molecule has 0 aliphatic rings. The molecule has 84 valence electrons. The highest BCUT2D eigenvalue weighted by atomic mass is 32.1. The van der Waals surface area contributed by atoms with Gasteiger partial charge in [0.25, 0.3) is 0 Å². The fourth-order valence-corrected chi connectivity index (χ4v) is 2.37. The Morgan fingerprint density at radius 1 is 1.44 bits per heavy atom. The third-order valence-electron chi connectivity index (χ3n) is 2.56.